The molecule has 0 saturated carbocycles. The molecule has 0 aromatic heterocycles. The number of rotatable bonds is 5. The van der Waals surface area contributed by atoms with Crippen molar-refractivity contribution >= 4 is 12.0 Å². The van der Waals surface area contributed by atoms with Gasteiger partial charge in [-0.25, -0.2) is 4.79 Å². The van der Waals surface area contributed by atoms with Crippen LogP contribution in [-0.4, -0.2) is 25.2 Å². The number of carbonyl (C=O) groups excluding carboxylic acids is 2. The monoisotopic (exact) mass is 278 g/mol. The van der Waals surface area contributed by atoms with Crippen LogP contribution in [0.3, 0.4) is 0 Å². The smallest absolute Gasteiger partial charge is 0.407 e. The summed E-state index contributed by atoms with van der Waals surface area (Å²) in [6.45, 7) is 7.73. The minimum Gasteiger partial charge on any atom is -0.450 e. The molecule has 1 aromatic carbocycles. The summed E-state index contributed by atoms with van der Waals surface area (Å²) < 4.78 is 4.69. The van der Waals surface area contributed by atoms with E-state index in [1.54, 1.807) is 6.92 Å². The van der Waals surface area contributed by atoms with E-state index in [1.165, 1.54) is 0 Å². The normalized spacial score (nSPS) is 10.8. The lowest BCUT2D eigenvalue weighted by Gasteiger charge is -2.27. The third-order valence-electron chi connectivity index (χ3n) is 2.86. The van der Waals surface area contributed by atoms with Crippen molar-refractivity contribution in [3.05, 3.63) is 35.4 Å². The van der Waals surface area contributed by atoms with Gasteiger partial charge in [-0.1, -0.05) is 29.8 Å². The maximum Gasteiger partial charge on any atom is 0.407 e. The highest BCUT2D eigenvalue weighted by atomic mass is 16.5. The average molecular weight is 278 g/mol. The predicted octanol–water partition coefficient (Wildman–Crippen LogP) is 2.09. The van der Waals surface area contributed by atoms with Crippen LogP contribution in [-0.2, 0) is 15.1 Å². The Balaban J connectivity index is 2.57. The third kappa shape index (κ3) is 4.91. The number of nitrogens with one attached hydrogen (secondary N) is 2. The first-order valence-corrected chi connectivity index (χ1v) is 6.64. The zero-order valence-electron chi connectivity index (χ0n) is 12.4. The van der Waals surface area contributed by atoms with E-state index in [0.29, 0.717) is 0 Å². The molecule has 110 valence electrons. The van der Waals surface area contributed by atoms with Crippen LogP contribution >= 0.6 is 0 Å². The number of alkyl carbamates (subject to hydrolysis) is 1. The maximum absolute atomic E-state index is 11.8. The topological polar surface area (TPSA) is 67.4 Å². The molecule has 0 aliphatic rings. The molecule has 5 heteroatoms. The van der Waals surface area contributed by atoms with E-state index in [-0.39, 0.29) is 19.1 Å². The number of carbonyl (C=O) groups is 2. The Kier molecular flexibility index (Phi) is 5.55. The molecule has 1 rings (SSSR count). The van der Waals surface area contributed by atoms with Crippen LogP contribution in [0, 0.1) is 6.92 Å². The summed E-state index contributed by atoms with van der Waals surface area (Å²) in [6.07, 6.45) is -0.587. The molecule has 0 aliphatic heterocycles. The first-order chi connectivity index (χ1) is 9.35. The summed E-state index contributed by atoms with van der Waals surface area (Å²) in [5, 5.41) is 5.28. The highest BCUT2D eigenvalue weighted by molar-refractivity contribution is 5.82. The van der Waals surface area contributed by atoms with Crippen molar-refractivity contribution in [2.45, 2.75) is 33.2 Å². The lowest BCUT2D eigenvalue weighted by Crippen LogP contribution is -2.46. The van der Waals surface area contributed by atoms with Crippen molar-refractivity contribution in [2.75, 3.05) is 13.2 Å². The Morgan fingerprint density at radius 3 is 2.60 bits per heavy atom. The van der Waals surface area contributed by atoms with Gasteiger partial charge in [0.25, 0.3) is 0 Å². The van der Waals surface area contributed by atoms with E-state index in [4.69, 9.17) is 4.74 Å². The van der Waals surface area contributed by atoms with Gasteiger partial charge in [0.1, 0.15) is 6.54 Å². The first kappa shape index (κ1) is 16.0. The first-order valence-electron chi connectivity index (χ1n) is 6.64. The van der Waals surface area contributed by atoms with Crippen molar-refractivity contribution in [2.24, 2.45) is 0 Å². The fourth-order valence-electron chi connectivity index (χ4n) is 1.83. The summed E-state index contributed by atoms with van der Waals surface area (Å²) >= 11 is 0. The summed E-state index contributed by atoms with van der Waals surface area (Å²) in [7, 11) is 0. The van der Waals surface area contributed by atoms with Crippen LogP contribution in [0.25, 0.3) is 0 Å². The summed E-state index contributed by atoms with van der Waals surface area (Å²) in [4.78, 5) is 23.0. The second-order valence-corrected chi connectivity index (χ2v) is 5.12. The van der Waals surface area contributed by atoms with Crippen LogP contribution in [0.1, 0.15) is 31.9 Å². The summed E-state index contributed by atoms with van der Waals surface area (Å²) in [5.74, 6) is -0.260. The molecule has 0 heterocycles. The van der Waals surface area contributed by atoms with E-state index in [0.717, 1.165) is 11.1 Å². The van der Waals surface area contributed by atoms with Gasteiger partial charge < -0.3 is 15.4 Å². The van der Waals surface area contributed by atoms with Gasteiger partial charge in [-0.05, 0) is 33.3 Å². The molecule has 0 bridgehead atoms. The van der Waals surface area contributed by atoms with Gasteiger partial charge >= 0.3 is 6.09 Å². The highest BCUT2D eigenvalue weighted by Gasteiger charge is 2.22. The molecule has 20 heavy (non-hydrogen) atoms. The van der Waals surface area contributed by atoms with Gasteiger partial charge in [-0.15, -0.1) is 0 Å². The molecular formula is C15H22N2O3. The Bertz CT molecular complexity index is 484. The number of amides is 2. The second kappa shape index (κ2) is 6.93. The van der Waals surface area contributed by atoms with Gasteiger partial charge in [-0.3, -0.25) is 4.79 Å². The molecule has 0 saturated heterocycles. The van der Waals surface area contributed by atoms with Crippen LogP contribution in [0.2, 0.25) is 0 Å². The Labute approximate surface area is 119 Å². The van der Waals surface area contributed by atoms with Crippen molar-refractivity contribution in [1.29, 1.82) is 0 Å². The van der Waals surface area contributed by atoms with E-state index < -0.39 is 11.6 Å². The van der Waals surface area contributed by atoms with E-state index in [1.807, 2.05) is 45.0 Å². The fraction of sp³-hybridized carbons (Fsp3) is 0.467. The number of benzene rings is 1. The van der Waals surface area contributed by atoms with E-state index in [2.05, 4.69) is 10.6 Å². The molecule has 0 fully saturated rings. The van der Waals surface area contributed by atoms with Crippen LogP contribution in [0.4, 0.5) is 4.79 Å². The zero-order valence-corrected chi connectivity index (χ0v) is 12.4. The Hall–Kier alpha value is -2.04. The summed E-state index contributed by atoms with van der Waals surface area (Å²) in [6, 6.07) is 7.95. The van der Waals surface area contributed by atoms with Crippen molar-refractivity contribution in [1.82, 2.24) is 10.6 Å². The van der Waals surface area contributed by atoms with Crippen LogP contribution in [0.5, 0.6) is 0 Å². The van der Waals surface area contributed by atoms with Crippen molar-refractivity contribution in [3.63, 3.8) is 0 Å². The summed E-state index contributed by atoms with van der Waals surface area (Å²) in [5.41, 5.74) is 1.65. The number of hydrogen-bond acceptors (Lipinski definition) is 3. The lowest BCUT2D eigenvalue weighted by atomic mass is 9.93. The van der Waals surface area contributed by atoms with Gasteiger partial charge in [-0.2, -0.15) is 0 Å². The zero-order chi connectivity index (χ0) is 15.2. The van der Waals surface area contributed by atoms with Gasteiger partial charge in [0.05, 0.1) is 12.1 Å². The molecule has 5 nitrogen and oxygen atoms in total. The minimum absolute atomic E-state index is 0.103. The largest absolute Gasteiger partial charge is 0.450 e. The number of ether oxygens (including phenoxy) is 1. The van der Waals surface area contributed by atoms with Crippen molar-refractivity contribution in [3.8, 4) is 0 Å². The Morgan fingerprint density at radius 2 is 2.00 bits per heavy atom. The van der Waals surface area contributed by atoms with E-state index >= 15 is 0 Å². The molecule has 2 N–H and O–H groups in total. The third-order valence-corrected chi connectivity index (χ3v) is 2.86. The SMILES string of the molecule is CCOC(=O)NCC(=O)NC(C)(C)c1cccc(C)c1. The molecule has 0 unspecified atom stereocenters. The second-order valence-electron chi connectivity index (χ2n) is 5.12. The fourth-order valence-corrected chi connectivity index (χ4v) is 1.83. The molecule has 2 amide bonds. The molecule has 1 aromatic rings. The number of aryl methyl sites for hydroxylation is 1. The molecule has 0 radical (unpaired) electrons. The number of hydrogen-bond donors (Lipinski definition) is 2. The van der Waals surface area contributed by atoms with Crippen molar-refractivity contribution < 1.29 is 14.3 Å². The highest BCUT2D eigenvalue weighted by Crippen LogP contribution is 2.20. The van der Waals surface area contributed by atoms with Gasteiger partial charge in [0.2, 0.25) is 5.91 Å². The predicted molar refractivity (Wildman–Crippen MR) is 77.4 cm³/mol. The molecule has 0 aliphatic carbocycles. The standard InChI is InChI=1S/C15H22N2O3/c1-5-20-14(19)16-10-13(18)17-15(3,4)12-8-6-7-11(2)9-12/h6-9H,5,10H2,1-4H3,(H,16,19)(H,17,18). The van der Waals surface area contributed by atoms with Crippen LogP contribution < -0.4 is 10.6 Å². The lowest BCUT2D eigenvalue weighted by molar-refractivity contribution is -0.121. The minimum atomic E-state index is -0.587. The van der Waals surface area contributed by atoms with Gasteiger partial charge in [0, 0.05) is 0 Å². The van der Waals surface area contributed by atoms with Gasteiger partial charge in [0.15, 0.2) is 0 Å². The quantitative estimate of drug-likeness (QED) is 0.866. The molecule has 0 atom stereocenters. The Morgan fingerprint density at radius 1 is 1.30 bits per heavy atom. The van der Waals surface area contributed by atoms with E-state index in [9.17, 15) is 9.59 Å². The maximum atomic E-state index is 11.8. The molecule has 0 spiro atoms. The molecular weight excluding hydrogens is 256 g/mol. The van der Waals surface area contributed by atoms with Crippen LogP contribution in [0.15, 0.2) is 24.3 Å². The average Bonchev–Trinajstić information content (AvgIpc) is 2.36.